The number of aromatic nitrogens is 1. The highest BCUT2D eigenvalue weighted by Crippen LogP contribution is 2.26. The number of anilines is 1. The zero-order valence-electron chi connectivity index (χ0n) is 19.6. The van der Waals surface area contributed by atoms with Gasteiger partial charge < -0.3 is 21.6 Å². The van der Waals surface area contributed by atoms with E-state index in [1.165, 1.54) is 26.7 Å². The van der Waals surface area contributed by atoms with Gasteiger partial charge in [-0.3, -0.25) is 14.4 Å². The summed E-state index contributed by atoms with van der Waals surface area (Å²) in [6.07, 6.45) is 8.69. The second-order valence-corrected chi connectivity index (χ2v) is 8.46. The molecule has 1 amide bonds. The van der Waals surface area contributed by atoms with Gasteiger partial charge in [-0.2, -0.15) is 0 Å². The molecule has 1 aromatic rings. The quantitative estimate of drug-likeness (QED) is 0.118. The highest BCUT2D eigenvalue weighted by atomic mass is 16.6. The molecule has 0 saturated heterocycles. The smallest absolute Gasteiger partial charge is 0.256 e. The number of hydrogen-bond acceptors (Lipinski definition) is 8. The molecule has 0 bridgehead atoms. The number of nitrogens with one attached hydrogen (secondary N) is 3. The van der Waals surface area contributed by atoms with Gasteiger partial charge in [-0.05, 0) is 51.7 Å². The zero-order valence-corrected chi connectivity index (χ0v) is 19.6. The molecule has 0 aromatic carbocycles. The Bertz CT molecular complexity index is 896. The van der Waals surface area contributed by atoms with E-state index >= 15 is 0 Å². The Morgan fingerprint density at radius 3 is 2.39 bits per heavy atom. The van der Waals surface area contributed by atoms with Gasteiger partial charge in [-0.15, -0.1) is 0 Å². The maximum atomic E-state index is 12.6. The molecule has 1 aliphatic carbocycles. The number of Topliss-reactive ketones (excluding diaryl/α,β-unsaturated/α-hetero) is 1. The first-order chi connectivity index (χ1) is 15.7. The second-order valence-electron chi connectivity index (χ2n) is 8.46. The predicted octanol–water partition coefficient (Wildman–Crippen LogP) is 3.64. The topological polar surface area (TPSA) is 150 Å². The summed E-state index contributed by atoms with van der Waals surface area (Å²) in [6, 6.07) is 3.14. The molecule has 33 heavy (non-hydrogen) atoms. The Kier molecular flexibility index (Phi) is 10.1. The molecule has 0 radical (unpaired) electrons. The Balaban J connectivity index is 2.06. The molecule has 1 saturated carbocycles. The molecule has 1 fully saturated rings. The molecule has 1 aliphatic rings. The van der Waals surface area contributed by atoms with Crippen molar-refractivity contribution in [3.8, 4) is 0 Å². The van der Waals surface area contributed by atoms with Gasteiger partial charge in [-0.1, -0.05) is 25.7 Å². The van der Waals surface area contributed by atoms with Crippen LogP contribution in [0.5, 0.6) is 0 Å². The van der Waals surface area contributed by atoms with Gasteiger partial charge in [0.2, 0.25) is 0 Å². The van der Waals surface area contributed by atoms with Crippen molar-refractivity contribution in [2.45, 2.75) is 65.3 Å². The van der Waals surface area contributed by atoms with Crippen molar-refractivity contribution in [2.24, 2.45) is 11.7 Å². The van der Waals surface area contributed by atoms with Crippen molar-refractivity contribution in [1.82, 2.24) is 10.3 Å². The van der Waals surface area contributed by atoms with Crippen molar-refractivity contribution < 1.29 is 19.5 Å². The van der Waals surface area contributed by atoms with Crippen LogP contribution in [0, 0.1) is 11.3 Å². The summed E-state index contributed by atoms with van der Waals surface area (Å²) in [5.74, 6) is 0.0575. The van der Waals surface area contributed by atoms with Crippen LogP contribution in [-0.2, 0) is 14.4 Å². The predicted molar refractivity (Wildman–Crippen MR) is 129 cm³/mol. The molecule has 180 valence electrons. The van der Waals surface area contributed by atoms with Gasteiger partial charge in [0.05, 0.1) is 24.5 Å². The van der Waals surface area contributed by atoms with Crippen molar-refractivity contribution in [3.05, 3.63) is 41.4 Å². The lowest BCUT2D eigenvalue weighted by atomic mass is 9.92. The Labute approximate surface area is 195 Å². The van der Waals surface area contributed by atoms with Crippen molar-refractivity contribution in [3.63, 3.8) is 0 Å². The van der Waals surface area contributed by atoms with E-state index in [1.54, 1.807) is 25.3 Å². The first kappa shape index (κ1) is 26.1. The summed E-state index contributed by atoms with van der Waals surface area (Å²) >= 11 is 0. The Morgan fingerprint density at radius 1 is 1.24 bits per heavy atom. The lowest BCUT2D eigenvalue weighted by Gasteiger charge is -2.27. The van der Waals surface area contributed by atoms with E-state index in [-0.39, 0.29) is 35.6 Å². The van der Waals surface area contributed by atoms with Crippen LogP contribution in [0.15, 0.2) is 35.9 Å². The van der Waals surface area contributed by atoms with E-state index in [0.29, 0.717) is 28.9 Å². The largest absolute Gasteiger partial charge is 0.515 e. The maximum absolute atomic E-state index is 12.6. The van der Waals surface area contributed by atoms with Crippen LogP contribution >= 0.6 is 0 Å². The van der Waals surface area contributed by atoms with Crippen LogP contribution in [0.4, 0.5) is 5.82 Å². The third-order valence-corrected chi connectivity index (χ3v) is 5.80. The summed E-state index contributed by atoms with van der Waals surface area (Å²) in [5, 5.41) is 20.0. The highest BCUT2D eigenvalue weighted by Gasteiger charge is 2.26. The van der Waals surface area contributed by atoms with Gasteiger partial charge in [0.1, 0.15) is 5.82 Å². The van der Waals surface area contributed by atoms with Crippen molar-refractivity contribution in [1.29, 1.82) is 5.41 Å². The van der Waals surface area contributed by atoms with Crippen LogP contribution in [-0.4, -0.2) is 40.1 Å². The van der Waals surface area contributed by atoms with E-state index in [2.05, 4.69) is 15.8 Å². The van der Waals surface area contributed by atoms with Crippen LogP contribution in [0.25, 0.3) is 5.57 Å². The number of nitrogens with two attached hydrogens (primary N) is 1. The van der Waals surface area contributed by atoms with E-state index in [0.717, 1.165) is 25.7 Å². The number of amides is 1. The summed E-state index contributed by atoms with van der Waals surface area (Å²) in [5.41, 5.74) is 10.0. The van der Waals surface area contributed by atoms with Crippen LogP contribution in [0.3, 0.4) is 0 Å². The van der Waals surface area contributed by atoms with Gasteiger partial charge in [-0.25, -0.2) is 10.5 Å². The number of carbonyl (C=O) groups excluding carboxylic acids is 2. The number of aliphatic hydroxyl groups is 1. The van der Waals surface area contributed by atoms with E-state index in [1.807, 2.05) is 0 Å². The van der Waals surface area contributed by atoms with E-state index < -0.39 is 5.91 Å². The SMILES string of the molecule is CC(=N)/C(=C\O)C(=O)N[C@H](CONc1ccc(/C(C(C)=O)=C(\C)N)cn1)C1CCCCCC1. The molecule has 2 rings (SSSR count). The molecule has 1 aromatic heterocycles. The molecular formula is C24H35N5O4. The monoisotopic (exact) mass is 457 g/mol. The number of pyridine rings is 1. The molecule has 0 aliphatic heterocycles. The summed E-state index contributed by atoms with van der Waals surface area (Å²) < 4.78 is 0. The van der Waals surface area contributed by atoms with Crippen molar-refractivity contribution in [2.75, 3.05) is 12.1 Å². The average molecular weight is 458 g/mol. The molecule has 6 N–H and O–H groups in total. The minimum absolute atomic E-state index is 0.00959. The Hall–Kier alpha value is -3.20. The van der Waals surface area contributed by atoms with Gasteiger partial charge >= 0.3 is 0 Å². The van der Waals surface area contributed by atoms with E-state index in [4.69, 9.17) is 16.0 Å². The van der Waals surface area contributed by atoms with Crippen LogP contribution in [0.2, 0.25) is 0 Å². The van der Waals surface area contributed by atoms with Gasteiger partial charge in [0.25, 0.3) is 5.91 Å². The molecule has 1 atom stereocenters. The van der Waals surface area contributed by atoms with Gasteiger partial charge in [0, 0.05) is 28.7 Å². The summed E-state index contributed by atoms with van der Waals surface area (Å²) in [4.78, 5) is 34.4. The lowest BCUT2D eigenvalue weighted by Crippen LogP contribution is -2.45. The van der Waals surface area contributed by atoms with Gasteiger partial charge in [0.15, 0.2) is 5.78 Å². The number of aliphatic hydroxyl groups excluding tert-OH is 1. The second kappa shape index (κ2) is 12.7. The number of carbonyl (C=O) groups is 2. The third kappa shape index (κ3) is 7.71. The fourth-order valence-corrected chi connectivity index (χ4v) is 4.10. The van der Waals surface area contributed by atoms with Crippen molar-refractivity contribution >= 4 is 28.8 Å². The normalized spacial score (nSPS) is 16.9. The Morgan fingerprint density at radius 2 is 1.91 bits per heavy atom. The fraction of sp³-hybridized carbons (Fsp3) is 0.500. The molecular weight excluding hydrogens is 422 g/mol. The molecule has 0 spiro atoms. The summed E-state index contributed by atoms with van der Waals surface area (Å²) in [6.45, 7) is 4.77. The number of nitrogens with zero attached hydrogens (tertiary/aromatic N) is 1. The van der Waals surface area contributed by atoms with E-state index in [9.17, 15) is 14.7 Å². The number of allylic oxidation sites excluding steroid dienone is 2. The molecule has 1 heterocycles. The first-order valence-corrected chi connectivity index (χ1v) is 11.3. The number of ketones is 1. The first-order valence-electron chi connectivity index (χ1n) is 11.3. The lowest BCUT2D eigenvalue weighted by molar-refractivity contribution is -0.118. The molecule has 9 heteroatoms. The third-order valence-electron chi connectivity index (χ3n) is 5.80. The minimum atomic E-state index is -0.494. The van der Waals surface area contributed by atoms with Crippen LogP contribution < -0.4 is 16.5 Å². The molecule has 9 nitrogen and oxygen atoms in total. The maximum Gasteiger partial charge on any atom is 0.256 e. The van der Waals surface area contributed by atoms with Crippen LogP contribution in [0.1, 0.15) is 64.9 Å². The standard InChI is InChI=1S/C24H35N5O4/c1-15(25)20(13-30)24(32)28-21(18-8-6-4-5-7-9-18)14-33-29-22-11-10-19(12-27-22)23(16(2)26)17(3)31/h10-13,18,21,25,30H,4-9,14,26H2,1-3H3,(H,27,29)(H,28,32)/b20-13+,23-16+,25-15?/t21-/m1/s1. The summed E-state index contributed by atoms with van der Waals surface area (Å²) in [7, 11) is 0. The molecule has 0 unspecified atom stereocenters. The number of rotatable bonds is 10. The highest BCUT2D eigenvalue weighted by molar-refractivity contribution is 6.20. The minimum Gasteiger partial charge on any atom is -0.515 e. The number of hydrogen-bond donors (Lipinski definition) is 5. The average Bonchev–Trinajstić information content (AvgIpc) is 3.03. The fourth-order valence-electron chi connectivity index (χ4n) is 4.10. The zero-order chi connectivity index (χ0) is 24.4.